The van der Waals surface area contributed by atoms with Crippen molar-refractivity contribution in [1.29, 1.82) is 0 Å². The van der Waals surface area contributed by atoms with E-state index in [1.165, 1.54) is 18.1 Å². The van der Waals surface area contributed by atoms with Crippen LogP contribution in [0.2, 0.25) is 0 Å². The molecule has 7 nitrogen and oxygen atoms in total. The highest BCUT2D eigenvalue weighted by atomic mass is 16.5. The number of aryl methyl sites for hydroxylation is 1. The Labute approximate surface area is 175 Å². The number of carbonyl (C=O) groups excluding carboxylic acids is 2. The zero-order valence-electron chi connectivity index (χ0n) is 17.2. The molecule has 1 atom stereocenters. The van der Waals surface area contributed by atoms with E-state index in [4.69, 9.17) is 9.47 Å². The van der Waals surface area contributed by atoms with Crippen molar-refractivity contribution in [3.05, 3.63) is 64.7 Å². The number of ether oxygens (including phenoxy) is 2. The Hall–Kier alpha value is -3.32. The zero-order chi connectivity index (χ0) is 21.8. The molecule has 0 spiro atoms. The molecule has 0 aromatic heterocycles. The first-order valence-corrected chi connectivity index (χ1v) is 9.69. The van der Waals surface area contributed by atoms with Gasteiger partial charge in [0.25, 0.3) is 11.7 Å². The van der Waals surface area contributed by atoms with E-state index in [0.717, 1.165) is 5.56 Å². The fourth-order valence-corrected chi connectivity index (χ4v) is 3.49. The van der Waals surface area contributed by atoms with Gasteiger partial charge in [0.1, 0.15) is 5.76 Å². The highest BCUT2D eigenvalue weighted by molar-refractivity contribution is 6.46. The smallest absolute Gasteiger partial charge is 0.295 e. The third-order valence-corrected chi connectivity index (χ3v) is 5.00. The molecule has 0 saturated carbocycles. The summed E-state index contributed by atoms with van der Waals surface area (Å²) in [5.74, 6) is -1.53. The summed E-state index contributed by atoms with van der Waals surface area (Å²) in [5.41, 5.74) is 1.98. The van der Waals surface area contributed by atoms with E-state index in [1.54, 1.807) is 31.2 Å². The van der Waals surface area contributed by atoms with Crippen LogP contribution < -0.4 is 4.74 Å². The molecule has 1 aliphatic heterocycles. The lowest BCUT2D eigenvalue weighted by Crippen LogP contribution is -2.32. The molecule has 0 radical (unpaired) electrons. The molecule has 2 N–H and O–H groups in total. The second kappa shape index (κ2) is 9.00. The first-order valence-electron chi connectivity index (χ1n) is 9.69. The summed E-state index contributed by atoms with van der Waals surface area (Å²) < 4.78 is 10.6. The van der Waals surface area contributed by atoms with Gasteiger partial charge in [0, 0.05) is 19.2 Å². The van der Waals surface area contributed by atoms with Crippen molar-refractivity contribution in [3.8, 4) is 11.5 Å². The van der Waals surface area contributed by atoms with Crippen LogP contribution in [-0.2, 0) is 14.3 Å². The van der Waals surface area contributed by atoms with Gasteiger partial charge < -0.3 is 24.6 Å². The number of benzene rings is 2. The molecule has 0 aliphatic carbocycles. The molecule has 0 unspecified atom stereocenters. The van der Waals surface area contributed by atoms with Crippen LogP contribution in [-0.4, -0.2) is 53.7 Å². The van der Waals surface area contributed by atoms with Gasteiger partial charge in [0.15, 0.2) is 11.5 Å². The molecule has 0 bridgehead atoms. The lowest BCUT2D eigenvalue weighted by molar-refractivity contribution is -0.140. The Morgan fingerprint density at radius 1 is 1.13 bits per heavy atom. The molecule has 2 aromatic rings. The van der Waals surface area contributed by atoms with E-state index in [-0.39, 0.29) is 36.0 Å². The van der Waals surface area contributed by atoms with Gasteiger partial charge in [-0.25, -0.2) is 0 Å². The quantitative estimate of drug-likeness (QED) is 0.413. The number of rotatable bonds is 7. The van der Waals surface area contributed by atoms with Crippen LogP contribution in [0.5, 0.6) is 11.5 Å². The summed E-state index contributed by atoms with van der Waals surface area (Å²) in [7, 11) is 1.51. The maximum absolute atomic E-state index is 12.9. The molecule has 158 valence electrons. The van der Waals surface area contributed by atoms with Crippen LogP contribution >= 0.6 is 0 Å². The highest BCUT2D eigenvalue weighted by Crippen LogP contribution is 2.41. The van der Waals surface area contributed by atoms with Crippen LogP contribution in [0.15, 0.2) is 48.0 Å². The van der Waals surface area contributed by atoms with Crippen molar-refractivity contribution in [2.75, 3.05) is 26.9 Å². The van der Waals surface area contributed by atoms with Gasteiger partial charge in [-0.05, 0) is 31.5 Å². The van der Waals surface area contributed by atoms with Gasteiger partial charge in [-0.3, -0.25) is 9.59 Å². The molecule has 3 rings (SSSR count). The Bertz CT molecular complexity index is 980. The standard InChI is InChI=1S/C23H25NO6/c1-4-30-18-13-16(9-10-17(18)25)20-19(21(26)15-7-5-14(2)6-8-15)22(27)23(28)24(20)11-12-29-3/h5-10,13,20,25-26H,4,11-12H2,1-3H3/b21-19+/t20-/m1/s1. The van der Waals surface area contributed by atoms with Crippen molar-refractivity contribution in [3.63, 3.8) is 0 Å². The van der Waals surface area contributed by atoms with Crippen molar-refractivity contribution >= 4 is 17.4 Å². The zero-order valence-corrected chi connectivity index (χ0v) is 17.2. The molecule has 1 amide bonds. The number of aliphatic hydroxyl groups excluding tert-OH is 1. The molecule has 1 fully saturated rings. The van der Waals surface area contributed by atoms with E-state index in [9.17, 15) is 19.8 Å². The Morgan fingerprint density at radius 3 is 2.47 bits per heavy atom. The first kappa shape index (κ1) is 21.4. The number of phenols is 1. The van der Waals surface area contributed by atoms with Gasteiger partial charge in [-0.15, -0.1) is 0 Å². The topological polar surface area (TPSA) is 96.3 Å². The first-order chi connectivity index (χ1) is 14.4. The lowest BCUT2D eigenvalue weighted by Gasteiger charge is -2.25. The van der Waals surface area contributed by atoms with E-state index < -0.39 is 17.7 Å². The van der Waals surface area contributed by atoms with Gasteiger partial charge in [0.05, 0.1) is 24.8 Å². The molecule has 30 heavy (non-hydrogen) atoms. The number of ketones is 1. The second-order valence-corrected chi connectivity index (χ2v) is 7.01. The SMILES string of the molecule is CCOc1cc([C@@H]2/C(=C(\O)c3ccc(C)cc3)C(=O)C(=O)N2CCOC)ccc1O. The number of hydrogen-bond donors (Lipinski definition) is 2. The molecule has 1 heterocycles. The Kier molecular flexibility index (Phi) is 6.42. The van der Waals surface area contributed by atoms with Crippen LogP contribution in [0, 0.1) is 6.92 Å². The number of hydrogen-bond acceptors (Lipinski definition) is 6. The largest absolute Gasteiger partial charge is 0.507 e. The lowest BCUT2D eigenvalue weighted by atomic mass is 9.94. The Balaban J connectivity index is 2.17. The molecule has 1 saturated heterocycles. The van der Waals surface area contributed by atoms with Gasteiger partial charge in [-0.2, -0.15) is 0 Å². The summed E-state index contributed by atoms with van der Waals surface area (Å²) in [6.45, 7) is 4.43. The summed E-state index contributed by atoms with van der Waals surface area (Å²) in [6, 6.07) is 10.8. The number of aliphatic hydroxyl groups is 1. The average Bonchev–Trinajstić information content (AvgIpc) is 2.98. The number of aromatic hydroxyl groups is 1. The van der Waals surface area contributed by atoms with Crippen LogP contribution in [0.1, 0.15) is 29.7 Å². The van der Waals surface area contributed by atoms with Crippen molar-refractivity contribution in [2.45, 2.75) is 19.9 Å². The maximum atomic E-state index is 12.9. The Morgan fingerprint density at radius 2 is 1.83 bits per heavy atom. The fraction of sp³-hybridized carbons (Fsp3) is 0.304. The summed E-state index contributed by atoms with van der Waals surface area (Å²) in [6.07, 6.45) is 0. The average molecular weight is 411 g/mol. The van der Waals surface area contributed by atoms with Crippen LogP contribution in [0.3, 0.4) is 0 Å². The summed E-state index contributed by atoms with van der Waals surface area (Å²) in [5, 5.41) is 21.0. The van der Waals surface area contributed by atoms with E-state index >= 15 is 0 Å². The minimum absolute atomic E-state index is 0.00639. The molecular weight excluding hydrogens is 386 g/mol. The number of phenolic OH excluding ortho intramolecular Hbond substituents is 1. The van der Waals surface area contributed by atoms with Crippen molar-refractivity contribution < 1.29 is 29.3 Å². The minimum Gasteiger partial charge on any atom is -0.507 e. The third kappa shape index (κ3) is 4.02. The van der Waals surface area contributed by atoms with Gasteiger partial charge >= 0.3 is 0 Å². The molecule has 2 aromatic carbocycles. The molecular formula is C23H25NO6. The summed E-state index contributed by atoms with van der Waals surface area (Å²) >= 11 is 0. The molecule has 1 aliphatic rings. The van der Waals surface area contributed by atoms with E-state index in [1.807, 2.05) is 19.1 Å². The van der Waals surface area contributed by atoms with Crippen LogP contribution in [0.4, 0.5) is 0 Å². The van der Waals surface area contributed by atoms with E-state index in [2.05, 4.69) is 0 Å². The highest BCUT2D eigenvalue weighted by Gasteiger charge is 2.46. The number of Topliss-reactive ketones (excluding diaryl/α,β-unsaturated/α-hetero) is 1. The van der Waals surface area contributed by atoms with Gasteiger partial charge in [-0.1, -0.05) is 35.9 Å². The normalized spacial score (nSPS) is 18.1. The third-order valence-electron chi connectivity index (χ3n) is 5.00. The molecule has 7 heteroatoms. The van der Waals surface area contributed by atoms with Crippen molar-refractivity contribution in [1.82, 2.24) is 4.90 Å². The summed E-state index contributed by atoms with van der Waals surface area (Å²) in [4.78, 5) is 27.0. The second-order valence-electron chi connectivity index (χ2n) is 7.01. The number of amides is 1. The minimum atomic E-state index is -0.832. The number of methoxy groups -OCH3 is 1. The monoisotopic (exact) mass is 411 g/mol. The predicted molar refractivity (Wildman–Crippen MR) is 111 cm³/mol. The number of carbonyl (C=O) groups is 2. The van der Waals surface area contributed by atoms with Crippen LogP contribution in [0.25, 0.3) is 5.76 Å². The number of likely N-dealkylation sites (tertiary alicyclic amines) is 1. The van der Waals surface area contributed by atoms with Gasteiger partial charge in [0.2, 0.25) is 0 Å². The predicted octanol–water partition coefficient (Wildman–Crippen LogP) is 3.17. The maximum Gasteiger partial charge on any atom is 0.295 e. The van der Waals surface area contributed by atoms with E-state index in [0.29, 0.717) is 17.7 Å². The number of nitrogens with zero attached hydrogens (tertiary/aromatic N) is 1. The van der Waals surface area contributed by atoms with Crippen molar-refractivity contribution in [2.24, 2.45) is 0 Å². The fourth-order valence-electron chi connectivity index (χ4n) is 3.49.